The molecule has 6 nitrogen and oxygen atoms in total. The predicted octanol–water partition coefficient (Wildman–Crippen LogP) is 4.63. The van der Waals surface area contributed by atoms with Gasteiger partial charge in [0.05, 0.1) is 10.6 Å². The van der Waals surface area contributed by atoms with E-state index < -0.39 is 10.0 Å². The van der Waals surface area contributed by atoms with Crippen LogP contribution in [0.2, 0.25) is 0 Å². The Hall–Kier alpha value is -3.32. The molecule has 0 aliphatic rings. The Morgan fingerprint density at radius 1 is 0.871 bits per heavy atom. The lowest BCUT2D eigenvalue weighted by atomic mass is 10.1. The predicted molar refractivity (Wildman–Crippen MR) is 123 cm³/mol. The maximum atomic E-state index is 12.7. The van der Waals surface area contributed by atoms with Crippen LogP contribution in [0.4, 0.5) is 11.4 Å². The van der Waals surface area contributed by atoms with Crippen molar-refractivity contribution in [3.8, 4) is 5.75 Å². The third kappa shape index (κ3) is 6.08. The molecule has 3 rings (SSSR count). The third-order valence-corrected chi connectivity index (χ3v) is 6.17. The standard InChI is InChI=1S/C24H26N2O4S/c1-3-18-9-13-21(14-10-18)30-17-24(27)25-20-11-15-22(16-12-20)31(28,29)26-23-8-6-5-7-19(23)4-2/h5-16,26H,3-4,17H2,1-2H3,(H,25,27). The number of anilines is 2. The molecule has 31 heavy (non-hydrogen) atoms. The molecule has 0 fully saturated rings. The number of carbonyl (C=O) groups excluding carboxylic acids is 1. The molecule has 0 spiro atoms. The van der Waals surface area contributed by atoms with Gasteiger partial charge in [-0.15, -0.1) is 0 Å². The Balaban J connectivity index is 1.59. The number of benzene rings is 3. The first-order valence-corrected chi connectivity index (χ1v) is 11.6. The smallest absolute Gasteiger partial charge is 0.262 e. The topological polar surface area (TPSA) is 84.5 Å². The van der Waals surface area contributed by atoms with Crippen LogP contribution in [0.5, 0.6) is 5.75 Å². The summed E-state index contributed by atoms with van der Waals surface area (Å²) in [5.74, 6) is 0.289. The number of rotatable bonds is 9. The zero-order valence-corrected chi connectivity index (χ0v) is 18.4. The molecule has 162 valence electrons. The highest BCUT2D eigenvalue weighted by Gasteiger charge is 2.16. The summed E-state index contributed by atoms with van der Waals surface area (Å²) in [5, 5.41) is 2.70. The van der Waals surface area contributed by atoms with Crippen molar-refractivity contribution < 1.29 is 17.9 Å². The van der Waals surface area contributed by atoms with Gasteiger partial charge in [0.2, 0.25) is 0 Å². The van der Waals surface area contributed by atoms with E-state index >= 15 is 0 Å². The highest BCUT2D eigenvalue weighted by Crippen LogP contribution is 2.21. The summed E-state index contributed by atoms with van der Waals surface area (Å²) >= 11 is 0. The summed E-state index contributed by atoms with van der Waals surface area (Å²) in [6, 6.07) is 20.9. The van der Waals surface area contributed by atoms with Crippen LogP contribution in [0.3, 0.4) is 0 Å². The van der Waals surface area contributed by atoms with Crippen molar-refractivity contribution in [1.82, 2.24) is 0 Å². The van der Waals surface area contributed by atoms with E-state index in [0.717, 1.165) is 12.0 Å². The Bertz CT molecular complexity index is 1130. The van der Waals surface area contributed by atoms with Crippen LogP contribution in [0, 0.1) is 0 Å². The number of nitrogens with one attached hydrogen (secondary N) is 2. The fourth-order valence-corrected chi connectivity index (χ4v) is 4.12. The van der Waals surface area contributed by atoms with Crippen LogP contribution in [-0.4, -0.2) is 20.9 Å². The lowest BCUT2D eigenvalue weighted by Gasteiger charge is -2.12. The molecule has 0 heterocycles. The van der Waals surface area contributed by atoms with Gasteiger partial charge in [-0.05, 0) is 66.4 Å². The number of sulfonamides is 1. The van der Waals surface area contributed by atoms with Gasteiger partial charge in [0.15, 0.2) is 6.61 Å². The minimum atomic E-state index is -3.73. The van der Waals surface area contributed by atoms with Gasteiger partial charge >= 0.3 is 0 Å². The summed E-state index contributed by atoms with van der Waals surface area (Å²) in [6.07, 6.45) is 1.65. The monoisotopic (exact) mass is 438 g/mol. The van der Waals surface area contributed by atoms with Crippen LogP contribution in [0.15, 0.2) is 77.7 Å². The molecule has 0 saturated heterocycles. The van der Waals surface area contributed by atoms with Gasteiger partial charge < -0.3 is 10.1 Å². The minimum Gasteiger partial charge on any atom is -0.484 e. The first-order valence-electron chi connectivity index (χ1n) is 10.1. The highest BCUT2D eigenvalue weighted by molar-refractivity contribution is 7.92. The molecule has 2 N–H and O–H groups in total. The van der Waals surface area contributed by atoms with E-state index in [2.05, 4.69) is 17.0 Å². The molecule has 0 aromatic heterocycles. The van der Waals surface area contributed by atoms with Crippen LogP contribution in [-0.2, 0) is 27.7 Å². The minimum absolute atomic E-state index is 0.115. The van der Waals surface area contributed by atoms with Crippen molar-refractivity contribution >= 4 is 27.3 Å². The van der Waals surface area contributed by atoms with Gasteiger partial charge in [0.25, 0.3) is 15.9 Å². The second-order valence-electron chi connectivity index (χ2n) is 6.97. The molecule has 3 aromatic carbocycles. The maximum Gasteiger partial charge on any atom is 0.262 e. The normalized spacial score (nSPS) is 11.0. The van der Waals surface area contributed by atoms with Crippen molar-refractivity contribution in [3.63, 3.8) is 0 Å². The van der Waals surface area contributed by atoms with Crippen LogP contribution >= 0.6 is 0 Å². The van der Waals surface area contributed by atoms with Gasteiger partial charge in [-0.3, -0.25) is 9.52 Å². The van der Waals surface area contributed by atoms with Gasteiger partial charge in [-0.2, -0.15) is 0 Å². The van der Waals surface area contributed by atoms with Crippen LogP contribution in [0.25, 0.3) is 0 Å². The highest BCUT2D eigenvalue weighted by atomic mass is 32.2. The molecule has 0 atom stereocenters. The molecule has 3 aromatic rings. The van der Waals surface area contributed by atoms with Crippen molar-refractivity contribution in [2.45, 2.75) is 31.6 Å². The number of aryl methyl sites for hydroxylation is 2. The summed E-state index contributed by atoms with van der Waals surface area (Å²) < 4.78 is 33.5. The zero-order chi connectivity index (χ0) is 22.3. The summed E-state index contributed by atoms with van der Waals surface area (Å²) in [4.78, 5) is 12.3. The quantitative estimate of drug-likeness (QED) is 0.510. The third-order valence-electron chi connectivity index (χ3n) is 4.79. The van der Waals surface area contributed by atoms with Crippen molar-refractivity contribution in [3.05, 3.63) is 83.9 Å². The van der Waals surface area contributed by atoms with Crippen LogP contribution < -0.4 is 14.8 Å². The van der Waals surface area contributed by atoms with E-state index in [1.807, 2.05) is 43.3 Å². The summed E-state index contributed by atoms with van der Waals surface area (Å²) in [7, 11) is -3.73. The van der Waals surface area contributed by atoms with E-state index in [1.54, 1.807) is 24.3 Å². The summed E-state index contributed by atoms with van der Waals surface area (Å²) in [6.45, 7) is 3.90. The number of hydrogen-bond donors (Lipinski definition) is 2. The average Bonchev–Trinajstić information content (AvgIpc) is 2.78. The zero-order valence-electron chi connectivity index (χ0n) is 17.6. The lowest BCUT2D eigenvalue weighted by molar-refractivity contribution is -0.118. The van der Waals surface area contributed by atoms with E-state index in [4.69, 9.17) is 4.74 Å². The van der Waals surface area contributed by atoms with Gasteiger partial charge in [-0.25, -0.2) is 8.42 Å². The number of amides is 1. The van der Waals surface area contributed by atoms with Crippen molar-refractivity contribution in [1.29, 1.82) is 0 Å². The van der Waals surface area contributed by atoms with E-state index in [1.165, 1.54) is 17.7 Å². The number of hydrogen-bond acceptors (Lipinski definition) is 4. The molecule has 0 aliphatic heterocycles. The molecule has 7 heteroatoms. The maximum absolute atomic E-state index is 12.7. The molecule has 0 radical (unpaired) electrons. The second-order valence-corrected chi connectivity index (χ2v) is 8.66. The number of para-hydroxylation sites is 1. The largest absolute Gasteiger partial charge is 0.484 e. The molecule has 0 saturated carbocycles. The Labute approximate surface area is 183 Å². The first-order chi connectivity index (χ1) is 14.9. The fourth-order valence-electron chi connectivity index (χ4n) is 3.02. The molecule has 0 aliphatic carbocycles. The number of ether oxygens (including phenoxy) is 1. The van der Waals surface area contributed by atoms with Gasteiger partial charge in [0.1, 0.15) is 5.75 Å². The molecular weight excluding hydrogens is 412 g/mol. The Morgan fingerprint density at radius 2 is 1.55 bits per heavy atom. The molecule has 0 unspecified atom stereocenters. The SMILES string of the molecule is CCc1ccc(OCC(=O)Nc2ccc(S(=O)(=O)Nc3ccccc3CC)cc2)cc1. The first kappa shape index (κ1) is 22.4. The Kier molecular flexibility index (Phi) is 7.31. The van der Waals surface area contributed by atoms with Crippen molar-refractivity contribution in [2.24, 2.45) is 0 Å². The van der Waals surface area contributed by atoms with Crippen LogP contribution in [0.1, 0.15) is 25.0 Å². The van der Waals surface area contributed by atoms with Gasteiger partial charge in [0, 0.05) is 5.69 Å². The molecular formula is C24H26N2O4S. The summed E-state index contributed by atoms with van der Waals surface area (Å²) in [5.41, 5.74) is 3.16. The van der Waals surface area contributed by atoms with E-state index in [9.17, 15) is 13.2 Å². The van der Waals surface area contributed by atoms with Gasteiger partial charge in [-0.1, -0.05) is 44.2 Å². The average molecular weight is 439 g/mol. The number of carbonyl (C=O) groups is 1. The lowest BCUT2D eigenvalue weighted by Crippen LogP contribution is -2.20. The van der Waals surface area contributed by atoms with Crippen molar-refractivity contribution in [2.75, 3.05) is 16.6 Å². The van der Waals surface area contributed by atoms with E-state index in [-0.39, 0.29) is 17.4 Å². The Morgan fingerprint density at radius 3 is 2.19 bits per heavy atom. The molecule has 0 bridgehead atoms. The fraction of sp³-hybridized carbons (Fsp3) is 0.208. The second kappa shape index (κ2) is 10.1. The molecule has 1 amide bonds. The van der Waals surface area contributed by atoms with E-state index in [0.29, 0.717) is 23.5 Å².